The van der Waals surface area contributed by atoms with Gasteiger partial charge in [0.05, 0.1) is 9.79 Å². The molecule has 0 unspecified atom stereocenters. The third-order valence-electron chi connectivity index (χ3n) is 4.03. The summed E-state index contributed by atoms with van der Waals surface area (Å²) >= 11 is 0. The van der Waals surface area contributed by atoms with Crippen LogP contribution in [0.1, 0.15) is 25.3 Å². The molecule has 1 aromatic rings. The van der Waals surface area contributed by atoms with Crippen LogP contribution >= 0.6 is 0 Å². The Morgan fingerprint density at radius 3 is 2.41 bits per heavy atom. The van der Waals surface area contributed by atoms with Crippen molar-refractivity contribution in [2.45, 2.75) is 48.6 Å². The van der Waals surface area contributed by atoms with Crippen molar-refractivity contribution in [3.8, 4) is 0 Å². The summed E-state index contributed by atoms with van der Waals surface area (Å²) in [6.07, 6.45) is 2.27. The second-order valence-corrected chi connectivity index (χ2v) is 9.82. The third-order valence-corrected chi connectivity index (χ3v) is 7.30. The molecule has 0 bridgehead atoms. The van der Waals surface area contributed by atoms with E-state index in [9.17, 15) is 16.8 Å². The largest absolute Gasteiger partial charge is 0.328 e. The molecule has 124 valence electrons. The summed E-state index contributed by atoms with van der Waals surface area (Å²) in [6.45, 7) is 3.85. The highest BCUT2D eigenvalue weighted by molar-refractivity contribution is 7.91. The number of nitrogens with zero attached hydrogens (tertiary/aromatic N) is 1. The van der Waals surface area contributed by atoms with Gasteiger partial charge in [0.25, 0.3) is 0 Å². The van der Waals surface area contributed by atoms with E-state index in [0.29, 0.717) is 24.9 Å². The van der Waals surface area contributed by atoms with E-state index in [-0.39, 0.29) is 21.9 Å². The molecule has 0 amide bonds. The molecule has 1 aromatic carbocycles. The molecule has 22 heavy (non-hydrogen) atoms. The monoisotopic (exact) mass is 346 g/mol. The van der Waals surface area contributed by atoms with Gasteiger partial charge in [-0.15, -0.1) is 0 Å². The predicted octanol–water partition coefficient (Wildman–Crippen LogP) is 0.899. The van der Waals surface area contributed by atoms with E-state index in [1.165, 1.54) is 22.5 Å². The summed E-state index contributed by atoms with van der Waals surface area (Å²) in [5, 5.41) is 0. The van der Waals surface area contributed by atoms with Crippen molar-refractivity contribution in [1.82, 2.24) is 4.31 Å². The molecule has 2 N–H and O–H groups in total. The van der Waals surface area contributed by atoms with Gasteiger partial charge in [-0.25, -0.2) is 16.8 Å². The first kappa shape index (κ1) is 17.4. The van der Waals surface area contributed by atoms with Crippen molar-refractivity contribution in [3.63, 3.8) is 0 Å². The minimum atomic E-state index is -3.73. The zero-order valence-corrected chi connectivity index (χ0v) is 14.6. The normalized spacial score (nSPS) is 24.4. The van der Waals surface area contributed by atoms with Gasteiger partial charge in [-0.1, -0.05) is 6.07 Å². The molecule has 1 saturated heterocycles. The molecule has 1 aliphatic heterocycles. The maximum Gasteiger partial charge on any atom is 0.243 e. The van der Waals surface area contributed by atoms with Crippen LogP contribution in [0.2, 0.25) is 0 Å². The molecular weight excluding hydrogens is 324 g/mol. The third kappa shape index (κ3) is 3.34. The van der Waals surface area contributed by atoms with Gasteiger partial charge in [-0.2, -0.15) is 4.31 Å². The molecule has 1 heterocycles. The van der Waals surface area contributed by atoms with E-state index < -0.39 is 19.9 Å². The lowest BCUT2D eigenvalue weighted by Crippen LogP contribution is -2.48. The molecule has 0 aromatic heterocycles. The Bertz CT molecular complexity index is 772. The van der Waals surface area contributed by atoms with Crippen molar-refractivity contribution >= 4 is 19.9 Å². The van der Waals surface area contributed by atoms with Crippen LogP contribution in [-0.4, -0.2) is 46.0 Å². The zero-order valence-electron chi connectivity index (χ0n) is 13.0. The van der Waals surface area contributed by atoms with Crippen LogP contribution in [0, 0.1) is 6.92 Å². The van der Waals surface area contributed by atoms with E-state index in [0.717, 1.165) is 6.26 Å². The number of hydrogen-bond acceptors (Lipinski definition) is 5. The van der Waals surface area contributed by atoms with Crippen molar-refractivity contribution in [1.29, 1.82) is 0 Å². The molecule has 8 heteroatoms. The number of nitrogens with two attached hydrogens (primary N) is 1. The first-order valence-corrected chi connectivity index (χ1v) is 10.4. The Kier molecular flexibility index (Phi) is 4.68. The maximum absolute atomic E-state index is 12.9. The Balaban J connectivity index is 2.50. The molecular formula is C14H22N2O4S2. The first-order chi connectivity index (χ1) is 10.0. The number of benzene rings is 1. The van der Waals surface area contributed by atoms with E-state index in [1.807, 2.05) is 6.92 Å². The molecule has 0 spiro atoms. The van der Waals surface area contributed by atoms with Gasteiger partial charge >= 0.3 is 0 Å². The summed E-state index contributed by atoms with van der Waals surface area (Å²) in [5.41, 5.74) is 6.42. The zero-order chi connectivity index (χ0) is 16.7. The van der Waals surface area contributed by atoms with Crippen molar-refractivity contribution in [3.05, 3.63) is 23.8 Å². The maximum atomic E-state index is 12.9. The van der Waals surface area contributed by atoms with Crippen LogP contribution < -0.4 is 5.73 Å². The fraction of sp³-hybridized carbons (Fsp3) is 0.571. The van der Waals surface area contributed by atoms with Crippen LogP contribution in [0.3, 0.4) is 0 Å². The molecule has 2 rings (SSSR count). The lowest BCUT2D eigenvalue weighted by Gasteiger charge is -2.35. The predicted molar refractivity (Wildman–Crippen MR) is 84.9 cm³/mol. The summed E-state index contributed by atoms with van der Waals surface area (Å²) < 4.78 is 50.6. The highest BCUT2D eigenvalue weighted by Crippen LogP contribution is 2.28. The minimum Gasteiger partial charge on any atom is -0.328 e. The highest BCUT2D eigenvalue weighted by Gasteiger charge is 2.34. The van der Waals surface area contributed by atoms with Gasteiger partial charge in [0.1, 0.15) is 0 Å². The summed E-state index contributed by atoms with van der Waals surface area (Å²) in [7, 11) is -7.19. The quantitative estimate of drug-likeness (QED) is 0.877. The fourth-order valence-corrected chi connectivity index (χ4v) is 5.39. The van der Waals surface area contributed by atoms with E-state index >= 15 is 0 Å². The molecule has 0 radical (unpaired) electrons. The van der Waals surface area contributed by atoms with Gasteiger partial charge in [0, 0.05) is 24.9 Å². The Morgan fingerprint density at radius 2 is 1.86 bits per heavy atom. The van der Waals surface area contributed by atoms with Crippen LogP contribution in [-0.2, 0) is 19.9 Å². The van der Waals surface area contributed by atoms with E-state index in [2.05, 4.69) is 0 Å². The topological polar surface area (TPSA) is 97.5 Å². The van der Waals surface area contributed by atoms with Crippen molar-refractivity contribution < 1.29 is 16.8 Å². The minimum absolute atomic E-state index is 0.00454. The highest BCUT2D eigenvalue weighted by atomic mass is 32.2. The summed E-state index contributed by atoms with van der Waals surface area (Å²) in [4.78, 5) is 0.0655. The standard InChI is InChI=1S/C14H22N2O4S2/c1-10-4-5-13(21(3,17)18)9-14(10)22(19,20)16-7-6-12(15)8-11(16)2/h4-5,9,11-12H,6-8,15H2,1-3H3/t11-,12-/m0/s1. The van der Waals surface area contributed by atoms with Crippen LogP contribution in [0.5, 0.6) is 0 Å². The lowest BCUT2D eigenvalue weighted by molar-refractivity contribution is 0.247. The van der Waals surface area contributed by atoms with Gasteiger partial charge in [-0.05, 0) is 44.4 Å². The number of sulfone groups is 1. The van der Waals surface area contributed by atoms with Gasteiger partial charge in [0.15, 0.2) is 9.84 Å². The Labute approximate surface area is 132 Å². The van der Waals surface area contributed by atoms with E-state index in [4.69, 9.17) is 5.73 Å². The summed E-state index contributed by atoms with van der Waals surface area (Å²) in [6, 6.07) is 4.02. The Morgan fingerprint density at radius 1 is 1.23 bits per heavy atom. The first-order valence-electron chi connectivity index (χ1n) is 7.11. The molecule has 0 aliphatic carbocycles. The molecule has 2 atom stereocenters. The average Bonchev–Trinajstić information content (AvgIpc) is 2.36. The molecule has 6 nitrogen and oxygen atoms in total. The number of rotatable bonds is 3. The number of aryl methyl sites for hydroxylation is 1. The van der Waals surface area contributed by atoms with Gasteiger partial charge < -0.3 is 5.73 Å². The van der Waals surface area contributed by atoms with Gasteiger partial charge in [0.2, 0.25) is 10.0 Å². The van der Waals surface area contributed by atoms with Crippen molar-refractivity contribution in [2.24, 2.45) is 5.73 Å². The fourth-order valence-electron chi connectivity index (χ4n) is 2.76. The molecule has 0 saturated carbocycles. The number of piperidine rings is 1. The van der Waals surface area contributed by atoms with Gasteiger partial charge in [-0.3, -0.25) is 0 Å². The summed E-state index contributed by atoms with van der Waals surface area (Å²) in [5.74, 6) is 0. The second kappa shape index (κ2) is 5.92. The SMILES string of the molecule is Cc1ccc(S(C)(=O)=O)cc1S(=O)(=O)N1CC[C@H](N)C[C@@H]1C. The van der Waals surface area contributed by atoms with Crippen molar-refractivity contribution in [2.75, 3.05) is 12.8 Å². The van der Waals surface area contributed by atoms with E-state index in [1.54, 1.807) is 6.92 Å². The number of sulfonamides is 1. The smallest absolute Gasteiger partial charge is 0.243 e. The average molecular weight is 346 g/mol. The lowest BCUT2D eigenvalue weighted by atomic mass is 10.0. The molecule has 1 aliphatic rings. The molecule has 1 fully saturated rings. The second-order valence-electron chi connectivity index (χ2n) is 5.95. The van der Waals surface area contributed by atoms with Crippen LogP contribution in [0.25, 0.3) is 0 Å². The number of hydrogen-bond donors (Lipinski definition) is 1. The van der Waals surface area contributed by atoms with Crippen LogP contribution in [0.15, 0.2) is 28.0 Å². The van der Waals surface area contributed by atoms with Crippen LogP contribution in [0.4, 0.5) is 0 Å². The Hall–Kier alpha value is -0.960.